The molecular weight excluding hydrogens is 264 g/mol. The van der Waals surface area contributed by atoms with E-state index in [9.17, 15) is 0 Å². The molecule has 0 aromatic carbocycles. The molecule has 2 heterocycles. The highest BCUT2D eigenvalue weighted by molar-refractivity contribution is 5.17. The summed E-state index contributed by atoms with van der Waals surface area (Å²) in [6.07, 6.45) is 10.2. The summed E-state index contributed by atoms with van der Waals surface area (Å²) in [5.74, 6) is 1.13. The van der Waals surface area contributed by atoms with E-state index in [1.807, 2.05) is 6.26 Å². The van der Waals surface area contributed by atoms with Crippen molar-refractivity contribution in [3.8, 4) is 0 Å². The Morgan fingerprint density at radius 1 is 1.19 bits per heavy atom. The Balaban J connectivity index is 1.41. The van der Waals surface area contributed by atoms with Gasteiger partial charge in [-0.25, -0.2) is 0 Å². The first-order valence-corrected chi connectivity index (χ1v) is 8.54. The monoisotopic (exact) mass is 290 g/mol. The summed E-state index contributed by atoms with van der Waals surface area (Å²) >= 11 is 0. The van der Waals surface area contributed by atoms with Crippen molar-refractivity contribution in [2.24, 2.45) is 0 Å². The van der Waals surface area contributed by atoms with Gasteiger partial charge in [-0.05, 0) is 31.7 Å². The van der Waals surface area contributed by atoms with Crippen LogP contribution in [-0.2, 0) is 17.8 Å². The number of nitrogens with one attached hydrogen (secondary N) is 1. The van der Waals surface area contributed by atoms with E-state index >= 15 is 0 Å². The quantitative estimate of drug-likeness (QED) is 0.905. The highest BCUT2D eigenvalue weighted by Gasteiger charge is 2.34. The molecule has 1 saturated heterocycles. The maximum absolute atomic E-state index is 5.97. The zero-order valence-electron chi connectivity index (χ0n) is 12.7. The van der Waals surface area contributed by atoms with Gasteiger partial charge in [0.15, 0.2) is 0 Å². The predicted octanol–water partition coefficient (Wildman–Crippen LogP) is 2.68. The molecule has 1 aromatic heterocycles. The van der Waals surface area contributed by atoms with E-state index < -0.39 is 0 Å². The molecular formula is C17H26N2O2. The lowest BCUT2D eigenvalue weighted by Gasteiger charge is -2.43. The van der Waals surface area contributed by atoms with Crippen LogP contribution in [0, 0.1) is 0 Å². The minimum absolute atomic E-state index is 0.465. The second-order valence-corrected chi connectivity index (χ2v) is 6.76. The van der Waals surface area contributed by atoms with Crippen molar-refractivity contribution in [2.75, 3.05) is 13.2 Å². The van der Waals surface area contributed by atoms with Crippen LogP contribution >= 0.6 is 0 Å². The normalized spacial score (nSPS) is 30.3. The lowest BCUT2D eigenvalue weighted by Crippen LogP contribution is -2.52. The highest BCUT2D eigenvalue weighted by atomic mass is 16.5. The first-order chi connectivity index (χ1) is 10.4. The standard InChI is InChI=1S/C17H26N2O2/c1-2-4-16-15(3-1)19(8-10-21-16)12-13-7-9-20-17(13)11-18-14-5-6-14/h7,9,14-16,18H,1-6,8,10-12H2. The Hall–Kier alpha value is -0.840. The molecule has 4 rings (SSSR count). The Labute approximate surface area is 126 Å². The fourth-order valence-electron chi connectivity index (χ4n) is 3.78. The van der Waals surface area contributed by atoms with Gasteiger partial charge in [-0.15, -0.1) is 0 Å². The van der Waals surface area contributed by atoms with E-state index in [4.69, 9.17) is 9.15 Å². The molecule has 1 N–H and O–H groups in total. The minimum atomic E-state index is 0.465. The van der Waals surface area contributed by atoms with Crippen LogP contribution in [0.4, 0.5) is 0 Å². The molecule has 3 aliphatic rings. The summed E-state index contributed by atoms with van der Waals surface area (Å²) < 4.78 is 11.7. The van der Waals surface area contributed by atoms with Crippen LogP contribution in [-0.4, -0.2) is 36.2 Å². The molecule has 2 atom stereocenters. The van der Waals surface area contributed by atoms with Crippen molar-refractivity contribution >= 4 is 0 Å². The van der Waals surface area contributed by atoms with Crippen molar-refractivity contribution in [3.63, 3.8) is 0 Å². The van der Waals surface area contributed by atoms with Gasteiger partial charge < -0.3 is 14.5 Å². The molecule has 1 aromatic rings. The van der Waals surface area contributed by atoms with Crippen molar-refractivity contribution in [3.05, 3.63) is 23.7 Å². The van der Waals surface area contributed by atoms with Gasteiger partial charge in [-0.3, -0.25) is 4.90 Å². The number of nitrogens with zero attached hydrogens (tertiary/aromatic N) is 1. The molecule has 0 bridgehead atoms. The zero-order chi connectivity index (χ0) is 14.1. The average Bonchev–Trinajstić information content (AvgIpc) is 3.25. The van der Waals surface area contributed by atoms with Crippen LogP contribution < -0.4 is 5.32 Å². The van der Waals surface area contributed by atoms with Crippen LogP contribution in [0.5, 0.6) is 0 Å². The van der Waals surface area contributed by atoms with Crippen LogP contribution in [0.2, 0.25) is 0 Å². The highest BCUT2D eigenvalue weighted by Crippen LogP contribution is 2.30. The summed E-state index contributed by atoms with van der Waals surface area (Å²) in [6, 6.07) is 3.50. The van der Waals surface area contributed by atoms with Crippen LogP contribution in [0.3, 0.4) is 0 Å². The topological polar surface area (TPSA) is 37.6 Å². The molecule has 21 heavy (non-hydrogen) atoms. The smallest absolute Gasteiger partial charge is 0.122 e. The number of hydrogen-bond acceptors (Lipinski definition) is 4. The van der Waals surface area contributed by atoms with Gasteiger partial charge in [0.25, 0.3) is 0 Å². The number of hydrogen-bond donors (Lipinski definition) is 1. The van der Waals surface area contributed by atoms with Crippen LogP contribution in [0.1, 0.15) is 49.8 Å². The SMILES string of the molecule is c1cc(CN2CCOC3CCCCC32)c(CNC2CC2)o1. The Morgan fingerprint density at radius 2 is 2.10 bits per heavy atom. The number of fused-ring (bicyclic) bond motifs is 1. The van der Waals surface area contributed by atoms with Gasteiger partial charge in [-0.2, -0.15) is 0 Å². The second-order valence-electron chi connectivity index (χ2n) is 6.76. The van der Waals surface area contributed by atoms with E-state index in [2.05, 4.69) is 16.3 Å². The molecule has 4 nitrogen and oxygen atoms in total. The van der Waals surface area contributed by atoms with Crippen LogP contribution in [0.25, 0.3) is 0 Å². The van der Waals surface area contributed by atoms with E-state index in [1.54, 1.807) is 0 Å². The predicted molar refractivity (Wildman–Crippen MR) is 81.0 cm³/mol. The maximum atomic E-state index is 5.97. The van der Waals surface area contributed by atoms with Gasteiger partial charge >= 0.3 is 0 Å². The lowest BCUT2D eigenvalue weighted by atomic mass is 9.90. The zero-order valence-corrected chi connectivity index (χ0v) is 12.7. The van der Waals surface area contributed by atoms with Gasteiger partial charge in [0.05, 0.1) is 25.5 Å². The molecule has 3 fully saturated rings. The van der Waals surface area contributed by atoms with E-state index in [0.29, 0.717) is 12.1 Å². The summed E-state index contributed by atoms with van der Waals surface area (Å²) in [5.41, 5.74) is 1.36. The summed E-state index contributed by atoms with van der Waals surface area (Å²) in [7, 11) is 0. The number of furan rings is 1. The molecule has 2 aliphatic carbocycles. The number of rotatable bonds is 5. The third kappa shape index (κ3) is 3.17. The largest absolute Gasteiger partial charge is 0.468 e. The van der Waals surface area contributed by atoms with Gasteiger partial charge in [0, 0.05) is 30.7 Å². The fourth-order valence-corrected chi connectivity index (χ4v) is 3.78. The van der Waals surface area contributed by atoms with Gasteiger partial charge in [-0.1, -0.05) is 12.8 Å². The molecule has 0 amide bonds. The number of ether oxygens (including phenoxy) is 1. The summed E-state index contributed by atoms with van der Waals surface area (Å²) in [5, 5.41) is 3.56. The molecule has 116 valence electrons. The van der Waals surface area contributed by atoms with Crippen LogP contribution in [0.15, 0.2) is 16.7 Å². The molecule has 2 unspecified atom stereocenters. The lowest BCUT2D eigenvalue weighted by molar-refractivity contribution is -0.0912. The molecule has 0 radical (unpaired) electrons. The Kier molecular flexibility index (Phi) is 4.01. The van der Waals surface area contributed by atoms with E-state index in [-0.39, 0.29) is 0 Å². The first kappa shape index (κ1) is 13.8. The first-order valence-electron chi connectivity index (χ1n) is 8.54. The van der Waals surface area contributed by atoms with Gasteiger partial charge in [0.2, 0.25) is 0 Å². The third-order valence-corrected chi connectivity index (χ3v) is 5.19. The van der Waals surface area contributed by atoms with Crippen molar-refractivity contribution in [2.45, 2.75) is 69.8 Å². The minimum Gasteiger partial charge on any atom is -0.468 e. The summed E-state index contributed by atoms with van der Waals surface area (Å²) in [4.78, 5) is 2.62. The molecule has 1 aliphatic heterocycles. The Morgan fingerprint density at radius 3 is 3.00 bits per heavy atom. The van der Waals surface area contributed by atoms with Crippen molar-refractivity contribution < 1.29 is 9.15 Å². The Bertz CT molecular complexity index is 467. The third-order valence-electron chi connectivity index (χ3n) is 5.19. The van der Waals surface area contributed by atoms with Crippen molar-refractivity contribution in [1.82, 2.24) is 10.2 Å². The molecule has 2 saturated carbocycles. The van der Waals surface area contributed by atoms with Gasteiger partial charge in [0.1, 0.15) is 5.76 Å². The fraction of sp³-hybridized carbons (Fsp3) is 0.765. The second kappa shape index (κ2) is 6.11. The number of morpholine rings is 1. The summed E-state index contributed by atoms with van der Waals surface area (Å²) in [6.45, 7) is 3.84. The average molecular weight is 290 g/mol. The maximum Gasteiger partial charge on any atom is 0.122 e. The molecule has 0 spiro atoms. The van der Waals surface area contributed by atoms with E-state index in [0.717, 1.165) is 38.0 Å². The molecule has 4 heteroatoms. The van der Waals surface area contributed by atoms with Crippen molar-refractivity contribution in [1.29, 1.82) is 0 Å². The van der Waals surface area contributed by atoms with E-state index in [1.165, 1.54) is 44.1 Å².